The summed E-state index contributed by atoms with van der Waals surface area (Å²) in [6.45, 7) is 0.335. The van der Waals surface area contributed by atoms with Gasteiger partial charge in [-0.15, -0.1) is 5.10 Å². The van der Waals surface area contributed by atoms with Crippen molar-refractivity contribution in [1.29, 1.82) is 0 Å². The van der Waals surface area contributed by atoms with Crippen LogP contribution in [0, 0.1) is 5.82 Å². The van der Waals surface area contributed by atoms with Crippen LogP contribution in [0.1, 0.15) is 5.56 Å². The monoisotopic (exact) mass is 377 g/mol. The van der Waals surface area contributed by atoms with Gasteiger partial charge in [0.05, 0.1) is 11.4 Å². The number of rotatable bonds is 6. The number of thioether (sulfide) groups is 1. The van der Waals surface area contributed by atoms with Crippen molar-refractivity contribution in [1.82, 2.24) is 25.5 Å². The number of tetrazole rings is 1. The van der Waals surface area contributed by atoms with Crippen LogP contribution in [0.15, 0.2) is 53.7 Å². The number of amides is 1. The minimum atomic E-state index is -0.306. The molecule has 1 N–H and O–H groups in total. The maximum absolute atomic E-state index is 12.8. The van der Waals surface area contributed by atoms with Gasteiger partial charge >= 0.3 is 0 Å². The highest BCUT2D eigenvalue weighted by atomic mass is 35.5. The molecule has 0 fully saturated rings. The summed E-state index contributed by atoms with van der Waals surface area (Å²) >= 11 is 7.09. The van der Waals surface area contributed by atoms with E-state index in [9.17, 15) is 9.18 Å². The minimum absolute atomic E-state index is 0.162. The molecule has 25 heavy (non-hydrogen) atoms. The third-order valence-corrected chi connectivity index (χ3v) is 4.42. The molecule has 0 aliphatic rings. The third-order valence-electron chi connectivity index (χ3n) is 3.25. The van der Waals surface area contributed by atoms with E-state index in [1.54, 1.807) is 36.4 Å². The topological polar surface area (TPSA) is 72.7 Å². The molecule has 3 rings (SSSR count). The van der Waals surface area contributed by atoms with Gasteiger partial charge in [0, 0.05) is 11.6 Å². The lowest BCUT2D eigenvalue weighted by atomic mass is 10.2. The smallest absolute Gasteiger partial charge is 0.230 e. The van der Waals surface area contributed by atoms with E-state index >= 15 is 0 Å². The Morgan fingerprint density at radius 1 is 1.16 bits per heavy atom. The zero-order chi connectivity index (χ0) is 17.6. The van der Waals surface area contributed by atoms with Gasteiger partial charge in [0.1, 0.15) is 5.82 Å². The average Bonchev–Trinajstić information content (AvgIpc) is 3.09. The molecule has 128 valence electrons. The second-order valence-electron chi connectivity index (χ2n) is 5.04. The van der Waals surface area contributed by atoms with Gasteiger partial charge in [-0.1, -0.05) is 35.5 Å². The number of halogens is 2. The van der Waals surface area contributed by atoms with Crippen molar-refractivity contribution >= 4 is 29.3 Å². The largest absolute Gasteiger partial charge is 0.351 e. The molecule has 0 spiro atoms. The highest BCUT2D eigenvalue weighted by Gasteiger charge is 2.11. The third kappa shape index (κ3) is 4.77. The van der Waals surface area contributed by atoms with Crippen LogP contribution in [-0.2, 0) is 11.3 Å². The second kappa shape index (κ2) is 8.09. The Hall–Kier alpha value is -2.45. The number of benzene rings is 2. The lowest BCUT2D eigenvalue weighted by Gasteiger charge is -2.06. The van der Waals surface area contributed by atoms with Crippen LogP contribution >= 0.6 is 23.4 Å². The first kappa shape index (κ1) is 17.4. The first-order chi connectivity index (χ1) is 12.1. The molecule has 0 aliphatic heterocycles. The van der Waals surface area contributed by atoms with E-state index in [1.807, 2.05) is 0 Å². The summed E-state index contributed by atoms with van der Waals surface area (Å²) in [4.78, 5) is 12.0. The van der Waals surface area contributed by atoms with E-state index in [2.05, 4.69) is 20.8 Å². The summed E-state index contributed by atoms with van der Waals surface area (Å²) in [6.07, 6.45) is 0. The Labute approximate surface area is 152 Å². The first-order valence-corrected chi connectivity index (χ1v) is 8.66. The Morgan fingerprint density at radius 2 is 1.88 bits per heavy atom. The van der Waals surface area contributed by atoms with Crippen LogP contribution < -0.4 is 5.32 Å². The molecular formula is C16H13ClFN5OS. The maximum atomic E-state index is 12.8. The van der Waals surface area contributed by atoms with Gasteiger partial charge in [-0.25, -0.2) is 4.39 Å². The van der Waals surface area contributed by atoms with Crippen LogP contribution in [-0.4, -0.2) is 31.9 Å². The Morgan fingerprint density at radius 3 is 2.60 bits per heavy atom. The molecule has 6 nitrogen and oxygen atoms in total. The molecule has 9 heteroatoms. The van der Waals surface area contributed by atoms with Gasteiger partial charge < -0.3 is 5.32 Å². The standard InChI is InChI=1S/C16H13ClFN5OS/c17-12-3-7-14(8-4-12)23-16(20-21-22-23)25-10-15(24)19-9-11-1-5-13(18)6-2-11/h1-8H,9-10H2,(H,19,24). The molecule has 1 amide bonds. The quantitative estimate of drug-likeness (QED) is 0.669. The molecule has 1 heterocycles. The number of nitrogens with zero attached hydrogens (tertiary/aromatic N) is 4. The summed E-state index contributed by atoms with van der Waals surface area (Å²) in [5.41, 5.74) is 1.58. The Bertz CT molecular complexity index is 854. The molecule has 2 aromatic carbocycles. The van der Waals surface area contributed by atoms with Crippen molar-refractivity contribution in [2.45, 2.75) is 11.7 Å². The lowest BCUT2D eigenvalue weighted by molar-refractivity contribution is -0.118. The van der Waals surface area contributed by atoms with Gasteiger partial charge in [-0.2, -0.15) is 4.68 Å². The summed E-state index contributed by atoms with van der Waals surface area (Å²) in [7, 11) is 0. The molecule has 0 saturated heterocycles. The maximum Gasteiger partial charge on any atom is 0.230 e. The predicted molar refractivity (Wildman–Crippen MR) is 93.1 cm³/mol. The minimum Gasteiger partial charge on any atom is -0.351 e. The fourth-order valence-corrected chi connectivity index (χ4v) is 2.84. The van der Waals surface area contributed by atoms with E-state index in [4.69, 9.17) is 11.6 Å². The molecule has 1 aromatic heterocycles. The highest BCUT2D eigenvalue weighted by molar-refractivity contribution is 7.99. The average molecular weight is 378 g/mol. The number of aromatic nitrogens is 4. The van der Waals surface area contributed by atoms with Gasteiger partial charge in [-0.05, 0) is 52.4 Å². The Balaban J connectivity index is 1.55. The SMILES string of the molecule is O=C(CSc1nnnn1-c1ccc(Cl)cc1)NCc1ccc(F)cc1. The molecule has 0 atom stereocenters. The van der Waals surface area contributed by atoms with E-state index in [1.165, 1.54) is 28.6 Å². The zero-order valence-electron chi connectivity index (χ0n) is 12.9. The zero-order valence-corrected chi connectivity index (χ0v) is 14.5. The molecule has 0 aliphatic carbocycles. The van der Waals surface area contributed by atoms with Crippen molar-refractivity contribution in [3.05, 3.63) is 64.9 Å². The molecule has 0 saturated carbocycles. The summed E-state index contributed by atoms with van der Waals surface area (Å²) in [6, 6.07) is 13.0. The lowest BCUT2D eigenvalue weighted by Crippen LogP contribution is -2.24. The van der Waals surface area contributed by atoms with Gasteiger partial charge in [-0.3, -0.25) is 4.79 Å². The summed E-state index contributed by atoms with van der Waals surface area (Å²) in [5, 5.41) is 15.4. The molecule has 0 bridgehead atoms. The number of hydrogen-bond acceptors (Lipinski definition) is 5. The van der Waals surface area contributed by atoms with Gasteiger partial charge in [0.15, 0.2) is 0 Å². The van der Waals surface area contributed by atoms with Crippen LogP contribution in [0.5, 0.6) is 0 Å². The van der Waals surface area contributed by atoms with Crippen molar-refractivity contribution < 1.29 is 9.18 Å². The summed E-state index contributed by atoms with van der Waals surface area (Å²) in [5.74, 6) is -0.311. The van der Waals surface area contributed by atoms with E-state index < -0.39 is 0 Å². The first-order valence-electron chi connectivity index (χ1n) is 7.30. The van der Waals surface area contributed by atoms with Crippen molar-refractivity contribution in [3.8, 4) is 5.69 Å². The van der Waals surface area contributed by atoms with E-state index in [-0.39, 0.29) is 17.5 Å². The van der Waals surface area contributed by atoms with Crippen LogP contribution in [0.2, 0.25) is 5.02 Å². The van der Waals surface area contributed by atoms with Crippen LogP contribution in [0.4, 0.5) is 4.39 Å². The fourth-order valence-electron chi connectivity index (χ4n) is 2.00. The van der Waals surface area contributed by atoms with E-state index in [0.29, 0.717) is 16.7 Å². The highest BCUT2D eigenvalue weighted by Crippen LogP contribution is 2.19. The molecule has 0 unspecified atom stereocenters. The Kier molecular flexibility index (Phi) is 5.62. The number of carbonyl (C=O) groups is 1. The number of nitrogens with one attached hydrogen (secondary N) is 1. The van der Waals surface area contributed by atoms with Crippen LogP contribution in [0.3, 0.4) is 0 Å². The second-order valence-corrected chi connectivity index (χ2v) is 6.42. The molecule has 0 radical (unpaired) electrons. The van der Waals surface area contributed by atoms with Crippen molar-refractivity contribution in [2.75, 3.05) is 5.75 Å². The van der Waals surface area contributed by atoms with Crippen molar-refractivity contribution in [2.24, 2.45) is 0 Å². The predicted octanol–water partition coefficient (Wildman–Crippen LogP) is 2.86. The van der Waals surface area contributed by atoms with Gasteiger partial charge in [0.25, 0.3) is 0 Å². The normalized spacial score (nSPS) is 10.6. The van der Waals surface area contributed by atoms with Crippen LogP contribution in [0.25, 0.3) is 5.69 Å². The van der Waals surface area contributed by atoms with Gasteiger partial charge in [0.2, 0.25) is 11.1 Å². The van der Waals surface area contributed by atoms with E-state index in [0.717, 1.165) is 11.3 Å². The molecule has 3 aromatic rings. The summed E-state index contributed by atoms with van der Waals surface area (Å²) < 4.78 is 14.4. The number of hydrogen-bond donors (Lipinski definition) is 1. The number of carbonyl (C=O) groups excluding carboxylic acids is 1. The van der Waals surface area contributed by atoms with Crippen molar-refractivity contribution in [3.63, 3.8) is 0 Å². The fraction of sp³-hybridized carbons (Fsp3) is 0.125. The molecular weight excluding hydrogens is 365 g/mol.